The van der Waals surface area contributed by atoms with Crippen LogP contribution in [0.2, 0.25) is 0 Å². The predicted octanol–water partition coefficient (Wildman–Crippen LogP) is 2.42. The second-order valence-electron chi connectivity index (χ2n) is 5.39. The van der Waals surface area contributed by atoms with E-state index in [1.165, 1.54) is 0 Å². The molecule has 0 saturated carbocycles. The maximum Gasteiger partial charge on any atom is 0.410 e. The lowest BCUT2D eigenvalue weighted by molar-refractivity contribution is -0.132. The summed E-state index contributed by atoms with van der Waals surface area (Å²) in [5.41, 5.74) is -0.145. The van der Waals surface area contributed by atoms with Crippen LogP contribution in [0.4, 0.5) is 4.79 Å². The van der Waals surface area contributed by atoms with Crippen molar-refractivity contribution >= 4 is 12.1 Å². The van der Waals surface area contributed by atoms with Gasteiger partial charge in [0, 0.05) is 18.7 Å². The summed E-state index contributed by atoms with van der Waals surface area (Å²) in [5.74, 6) is -0.902. The molecule has 0 bridgehead atoms. The molecule has 0 atom stereocenters. The van der Waals surface area contributed by atoms with E-state index in [2.05, 4.69) is 0 Å². The summed E-state index contributed by atoms with van der Waals surface area (Å²) in [7, 11) is 0. The van der Waals surface area contributed by atoms with Crippen molar-refractivity contribution in [3.63, 3.8) is 0 Å². The zero-order valence-electron chi connectivity index (χ0n) is 11.2. The average molecular weight is 255 g/mol. The molecule has 18 heavy (non-hydrogen) atoms. The molecule has 1 heterocycles. The van der Waals surface area contributed by atoms with E-state index in [1.54, 1.807) is 11.0 Å². The van der Waals surface area contributed by atoms with Crippen molar-refractivity contribution in [3.05, 3.63) is 11.6 Å². The van der Waals surface area contributed by atoms with Gasteiger partial charge in [-0.15, -0.1) is 0 Å². The molecule has 0 aliphatic carbocycles. The van der Waals surface area contributed by atoms with Crippen LogP contribution in [0, 0.1) is 0 Å². The molecule has 0 aromatic carbocycles. The number of allylic oxidation sites excluding steroid dienone is 1. The first-order valence-electron chi connectivity index (χ1n) is 6.20. The minimum absolute atomic E-state index is 0.367. The van der Waals surface area contributed by atoms with Gasteiger partial charge in [0.25, 0.3) is 0 Å². The molecular formula is C13H21NO4. The second-order valence-corrected chi connectivity index (χ2v) is 5.39. The topological polar surface area (TPSA) is 66.8 Å². The molecule has 0 radical (unpaired) electrons. The fraction of sp³-hybridized carbons (Fsp3) is 0.692. The lowest BCUT2D eigenvalue weighted by Gasteiger charge is -2.28. The van der Waals surface area contributed by atoms with Crippen LogP contribution in [-0.2, 0) is 9.53 Å². The van der Waals surface area contributed by atoms with E-state index in [0.717, 1.165) is 6.42 Å². The Morgan fingerprint density at radius 2 is 2.00 bits per heavy atom. The molecule has 0 fully saturated rings. The maximum absolute atomic E-state index is 11.9. The molecule has 1 amide bonds. The minimum Gasteiger partial charge on any atom is -0.478 e. The third-order valence-electron chi connectivity index (χ3n) is 2.60. The SMILES string of the molecule is CC(C)(C)OC(=O)N1CCCC=C(C(=O)O)CC1. The fourth-order valence-electron chi connectivity index (χ4n) is 1.73. The van der Waals surface area contributed by atoms with Gasteiger partial charge >= 0.3 is 12.1 Å². The summed E-state index contributed by atoms with van der Waals surface area (Å²) in [6, 6.07) is 0. The van der Waals surface area contributed by atoms with Gasteiger partial charge in [0.15, 0.2) is 0 Å². The Hall–Kier alpha value is -1.52. The quantitative estimate of drug-likeness (QED) is 0.781. The van der Waals surface area contributed by atoms with Gasteiger partial charge in [0.05, 0.1) is 0 Å². The average Bonchev–Trinajstić information content (AvgIpc) is 2.12. The highest BCUT2D eigenvalue weighted by atomic mass is 16.6. The van der Waals surface area contributed by atoms with Gasteiger partial charge in [-0.2, -0.15) is 0 Å². The van der Waals surface area contributed by atoms with E-state index < -0.39 is 11.6 Å². The third-order valence-corrected chi connectivity index (χ3v) is 2.60. The monoisotopic (exact) mass is 255 g/mol. The second kappa shape index (κ2) is 5.89. The Labute approximate surface area is 107 Å². The van der Waals surface area contributed by atoms with E-state index in [0.29, 0.717) is 31.5 Å². The number of hydrogen-bond donors (Lipinski definition) is 1. The number of carbonyl (C=O) groups is 2. The summed E-state index contributed by atoms with van der Waals surface area (Å²) in [6.07, 6.45) is 3.19. The molecule has 1 aliphatic rings. The minimum atomic E-state index is -0.902. The van der Waals surface area contributed by atoms with Crippen molar-refractivity contribution in [1.29, 1.82) is 0 Å². The number of hydrogen-bond acceptors (Lipinski definition) is 3. The van der Waals surface area contributed by atoms with Gasteiger partial charge in [-0.25, -0.2) is 9.59 Å². The van der Waals surface area contributed by atoms with Gasteiger partial charge in [0.1, 0.15) is 5.60 Å². The van der Waals surface area contributed by atoms with Crippen LogP contribution in [0.5, 0.6) is 0 Å². The highest BCUT2D eigenvalue weighted by Gasteiger charge is 2.23. The normalized spacial score (nSPS) is 17.5. The number of nitrogens with zero attached hydrogens (tertiary/aromatic N) is 1. The number of ether oxygens (including phenoxy) is 1. The first kappa shape index (κ1) is 14.5. The van der Waals surface area contributed by atoms with Gasteiger partial charge < -0.3 is 14.7 Å². The van der Waals surface area contributed by atoms with Gasteiger partial charge in [0.2, 0.25) is 0 Å². The molecule has 1 N–H and O–H groups in total. The summed E-state index contributed by atoms with van der Waals surface area (Å²) < 4.78 is 5.29. The predicted molar refractivity (Wildman–Crippen MR) is 67.4 cm³/mol. The van der Waals surface area contributed by atoms with Crippen LogP contribution in [-0.4, -0.2) is 40.8 Å². The molecule has 0 aromatic heterocycles. The Morgan fingerprint density at radius 3 is 2.56 bits per heavy atom. The van der Waals surface area contributed by atoms with Gasteiger partial charge in [-0.05, 0) is 40.0 Å². The number of carboxylic acid groups (broad SMARTS) is 1. The van der Waals surface area contributed by atoms with E-state index in [9.17, 15) is 9.59 Å². The fourth-order valence-corrected chi connectivity index (χ4v) is 1.73. The largest absolute Gasteiger partial charge is 0.478 e. The summed E-state index contributed by atoms with van der Waals surface area (Å²) >= 11 is 0. The number of carbonyl (C=O) groups excluding carboxylic acids is 1. The number of carboxylic acids is 1. The van der Waals surface area contributed by atoms with Crippen LogP contribution >= 0.6 is 0 Å². The van der Waals surface area contributed by atoms with Crippen molar-refractivity contribution in [1.82, 2.24) is 4.90 Å². The number of amides is 1. The molecule has 5 heteroatoms. The van der Waals surface area contributed by atoms with Crippen LogP contribution < -0.4 is 0 Å². The zero-order chi connectivity index (χ0) is 13.8. The molecule has 0 spiro atoms. The standard InChI is InChI=1S/C13H21NO4/c1-13(2,3)18-12(17)14-8-5-4-6-10(7-9-14)11(15)16/h6H,4-5,7-9H2,1-3H3,(H,15,16). The Balaban J connectivity index is 2.62. The molecule has 0 unspecified atom stereocenters. The Kier molecular flexibility index (Phi) is 4.76. The van der Waals surface area contributed by atoms with Crippen LogP contribution in [0.1, 0.15) is 40.0 Å². The van der Waals surface area contributed by atoms with E-state index in [1.807, 2.05) is 20.8 Å². The highest BCUT2D eigenvalue weighted by Crippen LogP contribution is 2.15. The van der Waals surface area contributed by atoms with Crippen LogP contribution in [0.25, 0.3) is 0 Å². The van der Waals surface area contributed by atoms with E-state index >= 15 is 0 Å². The van der Waals surface area contributed by atoms with Crippen LogP contribution in [0.15, 0.2) is 11.6 Å². The zero-order valence-corrected chi connectivity index (χ0v) is 11.2. The molecule has 5 nitrogen and oxygen atoms in total. The van der Waals surface area contributed by atoms with Crippen molar-refractivity contribution < 1.29 is 19.4 Å². The molecule has 102 valence electrons. The first-order valence-corrected chi connectivity index (χ1v) is 6.20. The molecular weight excluding hydrogens is 234 g/mol. The first-order chi connectivity index (χ1) is 8.29. The maximum atomic E-state index is 11.9. The number of rotatable bonds is 1. The number of aliphatic carboxylic acids is 1. The van der Waals surface area contributed by atoms with Crippen LogP contribution in [0.3, 0.4) is 0 Å². The van der Waals surface area contributed by atoms with Crippen molar-refractivity contribution in [2.75, 3.05) is 13.1 Å². The molecule has 1 aliphatic heterocycles. The van der Waals surface area contributed by atoms with Crippen molar-refractivity contribution in [3.8, 4) is 0 Å². The Morgan fingerprint density at radius 1 is 1.33 bits per heavy atom. The highest BCUT2D eigenvalue weighted by molar-refractivity contribution is 5.86. The molecule has 0 aromatic rings. The lowest BCUT2D eigenvalue weighted by atomic mass is 10.1. The summed E-state index contributed by atoms with van der Waals surface area (Å²) in [6.45, 7) is 6.46. The molecule has 0 saturated heterocycles. The van der Waals surface area contributed by atoms with Crippen molar-refractivity contribution in [2.45, 2.75) is 45.6 Å². The summed E-state index contributed by atoms with van der Waals surface area (Å²) in [5, 5.41) is 8.96. The smallest absolute Gasteiger partial charge is 0.410 e. The van der Waals surface area contributed by atoms with Gasteiger partial charge in [-0.3, -0.25) is 0 Å². The summed E-state index contributed by atoms with van der Waals surface area (Å²) in [4.78, 5) is 24.4. The van der Waals surface area contributed by atoms with Gasteiger partial charge in [-0.1, -0.05) is 6.08 Å². The van der Waals surface area contributed by atoms with E-state index in [-0.39, 0.29) is 6.09 Å². The van der Waals surface area contributed by atoms with Crippen molar-refractivity contribution in [2.24, 2.45) is 0 Å². The lowest BCUT2D eigenvalue weighted by Crippen LogP contribution is -2.38. The van der Waals surface area contributed by atoms with E-state index in [4.69, 9.17) is 9.84 Å². The Bertz CT molecular complexity index is 354. The third kappa shape index (κ3) is 4.77. The molecule has 1 rings (SSSR count).